The molecule has 4 aromatic rings. The standard InChI is InChI=1S/C24H23N3OS2/c1-16-8-10-18(11-9-16)27-23-21(22(28)19-12-13-26(2)14-20(19)30-23)25-24(27)29-15-17-6-4-3-5-7-17/h3-11H,12-15H2,1-2H3. The highest BCUT2D eigenvalue weighted by Crippen LogP contribution is 2.34. The van der Waals surface area contributed by atoms with E-state index >= 15 is 0 Å². The molecule has 2 aromatic carbocycles. The number of imidazole rings is 1. The van der Waals surface area contributed by atoms with Crippen LogP contribution in [0.2, 0.25) is 0 Å². The van der Waals surface area contributed by atoms with E-state index in [0.29, 0.717) is 5.52 Å². The van der Waals surface area contributed by atoms with Crippen molar-refractivity contribution in [3.8, 4) is 5.69 Å². The Kier molecular flexibility index (Phi) is 5.23. The molecule has 0 unspecified atom stereocenters. The lowest BCUT2D eigenvalue weighted by atomic mass is 10.1. The van der Waals surface area contributed by atoms with Gasteiger partial charge in [0.15, 0.2) is 5.16 Å². The molecule has 3 heterocycles. The molecule has 0 N–H and O–H groups in total. The van der Waals surface area contributed by atoms with Crippen molar-refractivity contribution in [1.29, 1.82) is 0 Å². The van der Waals surface area contributed by atoms with Gasteiger partial charge < -0.3 is 4.90 Å². The van der Waals surface area contributed by atoms with Gasteiger partial charge in [-0.15, -0.1) is 11.3 Å². The number of aryl methyl sites for hydroxylation is 1. The van der Waals surface area contributed by atoms with Crippen LogP contribution in [0.15, 0.2) is 64.5 Å². The Morgan fingerprint density at radius 3 is 2.63 bits per heavy atom. The normalized spacial score (nSPS) is 14.2. The van der Waals surface area contributed by atoms with E-state index in [2.05, 4.69) is 72.0 Å². The van der Waals surface area contributed by atoms with Crippen molar-refractivity contribution in [2.75, 3.05) is 13.6 Å². The molecule has 0 fully saturated rings. The minimum absolute atomic E-state index is 0.110. The first kappa shape index (κ1) is 19.5. The fraction of sp³-hybridized carbons (Fsp3) is 0.250. The van der Waals surface area contributed by atoms with Gasteiger partial charge in [-0.3, -0.25) is 9.36 Å². The molecule has 1 aliphatic heterocycles. The minimum Gasteiger partial charge on any atom is -0.301 e. The highest BCUT2D eigenvalue weighted by Gasteiger charge is 2.24. The van der Waals surface area contributed by atoms with Gasteiger partial charge in [0.1, 0.15) is 10.3 Å². The maximum absolute atomic E-state index is 13.3. The van der Waals surface area contributed by atoms with E-state index < -0.39 is 0 Å². The zero-order valence-corrected chi connectivity index (χ0v) is 18.7. The first-order chi connectivity index (χ1) is 14.6. The Morgan fingerprint density at radius 2 is 1.87 bits per heavy atom. The highest BCUT2D eigenvalue weighted by molar-refractivity contribution is 7.98. The van der Waals surface area contributed by atoms with Crippen LogP contribution in [-0.4, -0.2) is 28.0 Å². The predicted molar refractivity (Wildman–Crippen MR) is 126 cm³/mol. The molecule has 0 atom stereocenters. The fourth-order valence-corrected chi connectivity index (χ4v) is 6.21. The molecule has 30 heavy (non-hydrogen) atoms. The monoisotopic (exact) mass is 433 g/mol. The second-order valence-corrected chi connectivity index (χ2v) is 9.84. The largest absolute Gasteiger partial charge is 0.301 e. The maximum Gasteiger partial charge on any atom is 0.211 e. The van der Waals surface area contributed by atoms with E-state index in [1.807, 2.05) is 6.07 Å². The molecule has 5 rings (SSSR count). The summed E-state index contributed by atoms with van der Waals surface area (Å²) in [5, 5.41) is 0.877. The summed E-state index contributed by atoms with van der Waals surface area (Å²) in [7, 11) is 2.11. The molecule has 2 aromatic heterocycles. The van der Waals surface area contributed by atoms with Crippen LogP contribution in [0.25, 0.3) is 16.0 Å². The highest BCUT2D eigenvalue weighted by atomic mass is 32.2. The first-order valence-corrected chi connectivity index (χ1v) is 11.9. The van der Waals surface area contributed by atoms with Crippen LogP contribution in [-0.2, 0) is 18.7 Å². The van der Waals surface area contributed by atoms with Gasteiger partial charge in [-0.1, -0.05) is 59.8 Å². The van der Waals surface area contributed by atoms with E-state index in [9.17, 15) is 4.79 Å². The van der Waals surface area contributed by atoms with E-state index in [0.717, 1.165) is 46.5 Å². The lowest BCUT2D eigenvalue weighted by Gasteiger charge is -2.23. The van der Waals surface area contributed by atoms with Crippen molar-refractivity contribution in [3.63, 3.8) is 0 Å². The number of hydrogen-bond donors (Lipinski definition) is 0. The maximum atomic E-state index is 13.3. The van der Waals surface area contributed by atoms with Crippen molar-refractivity contribution in [2.45, 2.75) is 30.8 Å². The third kappa shape index (κ3) is 3.60. The number of aromatic nitrogens is 2. The van der Waals surface area contributed by atoms with E-state index in [-0.39, 0.29) is 5.43 Å². The van der Waals surface area contributed by atoms with Gasteiger partial charge in [0.2, 0.25) is 5.43 Å². The van der Waals surface area contributed by atoms with Gasteiger partial charge in [-0.25, -0.2) is 4.98 Å². The Balaban J connectivity index is 1.67. The topological polar surface area (TPSA) is 38.1 Å². The summed E-state index contributed by atoms with van der Waals surface area (Å²) in [5.41, 5.74) is 5.20. The van der Waals surface area contributed by atoms with Crippen molar-refractivity contribution in [1.82, 2.24) is 14.5 Å². The summed E-state index contributed by atoms with van der Waals surface area (Å²) < 4.78 is 2.17. The van der Waals surface area contributed by atoms with Gasteiger partial charge in [0, 0.05) is 35.0 Å². The number of hydrogen-bond acceptors (Lipinski definition) is 5. The second-order valence-electron chi connectivity index (χ2n) is 7.81. The third-order valence-electron chi connectivity index (χ3n) is 5.51. The van der Waals surface area contributed by atoms with E-state index in [1.165, 1.54) is 16.0 Å². The average Bonchev–Trinajstić information content (AvgIpc) is 3.12. The lowest BCUT2D eigenvalue weighted by Crippen LogP contribution is -2.30. The summed E-state index contributed by atoms with van der Waals surface area (Å²) in [6.45, 7) is 3.84. The number of thioether (sulfide) groups is 1. The van der Waals surface area contributed by atoms with Crippen molar-refractivity contribution < 1.29 is 0 Å². The Bertz CT molecular complexity index is 1260. The Labute approximate surface area is 184 Å². The van der Waals surface area contributed by atoms with Crippen molar-refractivity contribution in [2.24, 2.45) is 0 Å². The van der Waals surface area contributed by atoms with E-state index in [4.69, 9.17) is 4.98 Å². The van der Waals surface area contributed by atoms with Gasteiger partial charge in [-0.2, -0.15) is 0 Å². The second kappa shape index (κ2) is 8.02. The van der Waals surface area contributed by atoms with Crippen LogP contribution in [0.1, 0.15) is 21.6 Å². The molecule has 152 valence electrons. The van der Waals surface area contributed by atoms with Gasteiger partial charge >= 0.3 is 0 Å². The number of likely N-dealkylation sites (N-methyl/N-ethyl adjacent to an activating group) is 1. The number of rotatable bonds is 4. The van der Waals surface area contributed by atoms with Crippen LogP contribution in [0.4, 0.5) is 0 Å². The molecule has 0 saturated carbocycles. The lowest BCUT2D eigenvalue weighted by molar-refractivity contribution is 0.316. The molecular weight excluding hydrogens is 410 g/mol. The number of benzene rings is 2. The first-order valence-electron chi connectivity index (χ1n) is 10.1. The molecule has 0 spiro atoms. The number of fused-ring (bicyclic) bond motifs is 2. The van der Waals surface area contributed by atoms with Crippen LogP contribution < -0.4 is 5.43 Å². The quantitative estimate of drug-likeness (QED) is 0.423. The third-order valence-corrected chi connectivity index (χ3v) is 7.71. The summed E-state index contributed by atoms with van der Waals surface area (Å²) in [5.74, 6) is 0.817. The van der Waals surface area contributed by atoms with Crippen molar-refractivity contribution >= 4 is 33.4 Å². The summed E-state index contributed by atoms with van der Waals surface area (Å²) in [4.78, 5) is 22.6. The van der Waals surface area contributed by atoms with Crippen LogP contribution >= 0.6 is 23.1 Å². The zero-order valence-electron chi connectivity index (χ0n) is 17.1. The number of nitrogens with zero attached hydrogens (tertiary/aromatic N) is 3. The predicted octanol–water partition coefficient (Wildman–Crippen LogP) is 5.04. The molecule has 6 heteroatoms. The molecule has 0 radical (unpaired) electrons. The smallest absolute Gasteiger partial charge is 0.211 e. The Morgan fingerprint density at radius 1 is 1.10 bits per heavy atom. The molecule has 1 aliphatic rings. The van der Waals surface area contributed by atoms with Crippen LogP contribution in [0, 0.1) is 6.92 Å². The zero-order chi connectivity index (χ0) is 20.7. The van der Waals surface area contributed by atoms with Crippen LogP contribution in [0.3, 0.4) is 0 Å². The molecule has 0 saturated heterocycles. The fourth-order valence-electron chi connectivity index (χ4n) is 3.82. The van der Waals surface area contributed by atoms with Crippen LogP contribution in [0.5, 0.6) is 0 Å². The molecule has 0 amide bonds. The molecule has 0 bridgehead atoms. The van der Waals surface area contributed by atoms with Crippen molar-refractivity contribution in [3.05, 3.63) is 86.4 Å². The van der Waals surface area contributed by atoms with E-state index in [1.54, 1.807) is 23.1 Å². The average molecular weight is 434 g/mol. The van der Waals surface area contributed by atoms with Gasteiger partial charge in [-0.05, 0) is 38.1 Å². The molecule has 4 nitrogen and oxygen atoms in total. The molecular formula is C24H23N3OS2. The Hall–Kier alpha value is -2.41. The SMILES string of the molecule is Cc1ccc(-n2c(SCc3ccccc3)nc3c(=O)c4c(sc32)CN(C)CC4)cc1. The summed E-state index contributed by atoms with van der Waals surface area (Å²) >= 11 is 3.41. The van der Waals surface area contributed by atoms with Gasteiger partial charge in [0.25, 0.3) is 0 Å². The summed E-state index contributed by atoms with van der Waals surface area (Å²) in [6.07, 6.45) is 0.807. The van der Waals surface area contributed by atoms with Gasteiger partial charge in [0.05, 0.1) is 0 Å². The molecule has 0 aliphatic carbocycles. The summed E-state index contributed by atoms with van der Waals surface area (Å²) in [6, 6.07) is 18.9. The minimum atomic E-state index is 0.110.